The molecule has 4 nitrogen and oxygen atoms in total. The van der Waals surface area contributed by atoms with Gasteiger partial charge in [0.1, 0.15) is 0 Å². The molecule has 0 aromatic heterocycles. The summed E-state index contributed by atoms with van der Waals surface area (Å²) >= 11 is 0. The molecule has 0 aliphatic rings. The van der Waals surface area contributed by atoms with Gasteiger partial charge in [0.15, 0.2) is 0 Å². The van der Waals surface area contributed by atoms with E-state index >= 15 is 0 Å². The van der Waals surface area contributed by atoms with Crippen molar-refractivity contribution in [1.82, 2.24) is 4.90 Å². The molecule has 104 valence electrons. The van der Waals surface area contributed by atoms with E-state index in [1.807, 2.05) is 12.1 Å². The van der Waals surface area contributed by atoms with Gasteiger partial charge in [-0.05, 0) is 23.0 Å². The van der Waals surface area contributed by atoms with Gasteiger partial charge in [-0.15, -0.1) is 0 Å². The number of amides is 1. The lowest BCUT2D eigenvalue weighted by Gasteiger charge is -2.19. The Kier molecular flexibility index (Phi) is 4.70. The standard InChI is InChI=1S/C15H21NO3/c1-15(2,3)12-7-5-11(6-8-12)9-10-16(4)13(17)14(18)19/h5-8H,9-10H2,1-4H3,(H,18,19). The average molecular weight is 263 g/mol. The van der Waals surface area contributed by atoms with E-state index in [0.29, 0.717) is 13.0 Å². The topological polar surface area (TPSA) is 57.6 Å². The maximum atomic E-state index is 11.2. The summed E-state index contributed by atoms with van der Waals surface area (Å²) in [7, 11) is 1.50. The molecule has 0 radical (unpaired) electrons. The molecular formula is C15H21NO3. The van der Waals surface area contributed by atoms with Gasteiger partial charge in [0.05, 0.1) is 0 Å². The smallest absolute Gasteiger partial charge is 0.394 e. The molecule has 0 spiro atoms. The highest BCUT2D eigenvalue weighted by Gasteiger charge is 2.17. The molecule has 0 unspecified atom stereocenters. The van der Waals surface area contributed by atoms with E-state index in [2.05, 4.69) is 32.9 Å². The fraction of sp³-hybridized carbons (Fsp3) is 0.467. The van der Waals surface area contributed by atoms with Crippen LogP contribution in [0.15, 0.2) is 24.3 Å². The number of carboxylic acids is 1. The van der Waals surface area contributed by atoms with Crippen molar-refractivity contribution in [1.29, 1.82) is 0 Å². The summed E-state index contributed by atoms with van der Waals surface area (Å²) in [5, 5.41) is 8.58. The van der Waals surface area contributed by atoms with Crippen LogP contribution in [0.5, 0.6) is 0 Å². The molecular weight excluding hydrogens is 242 g/mol. The summed E-state index contributed by atoms with van der Waals surface area (Å²) < 4.78 is 0. The molecule has 1 aromatic rings. The first-order chi connectivity index (χ1) is 8.71. The van der Waals surface area contributed by atoms with Crippen molar-refractivity contribution in [3.05, 3.63) is 35.4 Å². The summed E-state index contributed by atoms with van der Waals surface area (Å²) in [5.41, 5.74) is 2.47. The van der Waals surface area contributed by atoms with Gasteiger partial charge in [-0.2, -0.15) is 0 Å². The second kappa shape index (κ2) is 5.87. The second-order valence-electron chi connectivity index (χ2n) is 5.73. The van der Waals surface area contributed by atoms with E-state index in [1.165, 1.54) is 17.5 Å². The van der Waals surface area contributed by atoms with Crippen molar-refractivity contribution >= 4 is 11.9 Å². The number of aliphatic carboxylic acids is 1. The quantitative estimate of drug-likeness (QED) is 0.849. The molecule has 0 saturated heterocycles. The third-order valence-electron chi connectivity index (χ3n) is 3.09. The van der Waals surface area contributed by atoms with Crippen molar-refractivity contribution in [2.45, 2.75) is 32.6 Å². The molecule has 19 heavy (non-hydrogen) atoms. The number of carboxylic acid groups (broad SMARTS) is 1. The first kappa shape index (κ1) is 15.2. The molecule has 1 rings (SSSR count). The van der Waals surface area contributed by atoms with E-state index in [1.54, 1.807) is 0 Å². The predicted molar refractivity (Wildman–Crippen MR) is 74.1 cm³/mol. The van der Waals surface area contributed by atoms with Crippen LogP contribution < -0.4 is 0 Å². The second-order valence-corrected chi connectivity index (χ2v) is 5.73. The Balaban J connectivity index is 2.60. The molecule has 0 bridgehead atoms. The SMILES string of the molecule is CN(CCc1ccc(C(C)(C)C)cc1)C(=O)C(=O)O. The van der Waals surface area contributed by atoms with Crippen molar-refractivity contribution in [2.24, 2.45) is 0 Å². The van der Waals surface area contributed by atoms with Crippen LogP contribution in [0.25, 0.3) is 0 Å². The van der Waals surface area contributed by atoms with Gasteiger partial charge < -0.3 is 10.0 Å². The maximum Gasteiger partial charge on any atom is 0.394 e. The van der Waals surface area contributed by atoms with Crippen LogP contribution in [-0.2, 0) is 21.4 Å². The van der Waals surface area contributed by atoms with E-state index in [9.17, 15) is 9.59 Å². The first-order valence-electron chi connectivity index (χ1n) is 6.29. The normalized spacial score (nSPS) is 11.2. The summed E-state index contributed by atoms with van der Waals surface area (Å²) in [6, 6.07) is 8.21. The number of carbonyl (C=O) groups excluding carboxylic acids is 1. The summed E-state index contributed by atoms with van der Waals surface area (Å²) in [5.74, 6) is -2.28. The van der Waals surface area contributed by atoms with Crippen LogP contribution in [0.1, 0.15) is 31.9 Å². The lowest BCUT2D eigenvalue weighted by Crippen LogP contribution is -2.34. The Morgan fingerprint density at radius 3 is 2.11 bits per heavy atom. The Hall–Kier alpha value is -1.84. The minimum absolute atomic E-state index is 0.120. The summed E-state index contributed by atoms with van der Waals surface area (Å²) in [4.78, 5) is 22.9. The van der Waals surface area contributed by atoms with Crippen molar-refractivity contribution in [2.75, 3.05) is 13.6 Å². The molecule has 0 fully saturated rings. The van der Waals surface area contributed by atoms with Crippen molar-refractivity contribution in [3.63, 3.8) is 0 Å². The molecule has 4 heteroatoms. The molecule has 1 aromatic carbocycles. The number of likely N-dealkylation sites (N-methyl/N-ethyl adjacent to an activating group) is 1. The number of benzene rings is 1. The van der Waals surface area contributed by atoms with E-state index in [4.69, 9.17) is 5.11 Å². The zero-order valence-corrected chi connectivity index (χ0v) is 11.9. The molecule has 1 N–H and O–H groups in total. The number of hydrogen-bond acceptors (Lipinski definition) is 2. The lowest BCUT2D eigenvalue weighted by molar-refractivity contribution is -0.155. The molecule has 0 saturated carbocycles. The fourth-order valence-electron chi connectivity index (χ4n) is 1.73. The van der Waals surface area contributed by atoms with Gasteiger partial charge in [-0.25, -0.2) is 4.79 Å². The maximum absolute atomic E-state index is 11.2. The van der Waals surface area contributed by atoms with Crippen LogP contribution in [0, 0.1) is 0 Å². The number of carbonyl (C=O) groups is 2. The van der Waals surface area contributed by atoms with Crippen molar-refractivity contribution < 1.29 is 14.7 Å². The van der Waals surface area contributed by atoms with Crippen LogP contribution >= 0.6 is 0 Å². The van der Waals surface area contributed by atoms with E-state index < -0.39 is 11.9 Å². The first-order valence-corrected chi connectivity index (χ1v) is 6.29. The largest absolute Gasteiger partial charge is 0.474 e. The Bertz CT molecular complexity index is 457. The number of hydrogen-bond donors (Lipinski definition) is 1. The minimum atomic E-state index is -1.41. The average Bonchev–Trinajstić information content (AvgIpc) is 2.34. The molecule has 0 aliphatic heterocycles. The Morgan fingerprint density at radius 2 is 1.68 bits per heavy atom. The third-order valence-corrected chi connectivity index (χ3v) is 3.09. The van der Waals surface area contributed by atoms with Gasteiger partial charge in [-0.3, -0.25) is 4.79 Å². The van der Waals surface area contributed by atoms with Gasteiger partial charge in [0, 0.05) is 13.6 Å². The highest BCUT2D eigenvalue weighted by Crippen LogP contribution is 2.22. The zero-order valence-electron chi connectivity index (χ0n) is 11.9. The summed E-state index contributed by atoms with van der Waals surface area (Å²) in [6.45, 7) is 6.87. The summed E-state index contributed by atoms with van der Waals surface area (Å²) in [6.07, 6.45) is 0.653. The highest BCUT2D eigenvalue weighted by molar-refractivity contribution is 6.31. The zero-order chi connectivity index (χ0) is 14.6. The van der Waals surface area contributed by atoms with Crippen molar-refractivity contribution in [3.8, 4) is 0 Å². The van der Waals surface area contributed by atoms with Crippen LogP contribution in [0.2, 0.25) is 0 Å². The fourth-order valence-corrected chi connectivity index (χ4v) is 1.73. The van der Waals surface area contributed by atoms with Gasteiger partial charge in [0.25, 0.3) is 0 Å². The molecule has 0 atom stereocenters. The molecule has 0 heterocycles. The van der Waals surface area contributed by atoms with E-state index in [0.717, 1.165) is 5.56 Å². The lowest BCUT2D eigenvalue weighted by atomic mass is 9.86. The third kappa shape index (κ3) is 4.39. The number of rotatable bonds is 3. The van der Waals surface area contributed by atoms with Crippen LogP contribution in [0.4, 0.5) is 0 Å². The Morgan fingerprint density at radius 1 is 1.16 bits per heavy atom. The van der Waals surface area contributed by atoms with Gasteiger partial charge in [-0.1, -0.05) is 45.0 Å². The van der Waals surface area contributed by atoms with Crippen LogP contribution in [-0.4, -0.2) is 35.5 Å². The number of nitrogens with zero attached hydrogens (tertiary/aromatic N) is 1. The minimum Gasteiger partial charge on any atom is -0.474 e. The highest BCUT2D eigenvalue weighted by atomic mass is 16.4. The Labute approximate surface area is 114 Å². The molecule has 1 amide bonds. The van der Waals surface area contributed by atoms with Crippen LogP contribution in [0.3, 0.4) is 0 Å². The van der Waals surface area contributed by atoms with E-state index in [-0.39, 0.29) is 5.41 Å². The van der Waals surface area contributed by atoms with Gasteiger partial charge >= 0.3 is 11.9 Å². The molecule has 0 aliphatic carbocycles. The predicted octanol–water partition coefficient (Wildman–Crippen LogP) is 2.07. The monoisotopic (exact) mass is 263 g/mol. The van der Waals surface area contributed by atoms with Gasteiger partial charge in [0.2, 0.25) is 0 Å².